The maximum Gasteiger partial charge on any atom is 0.229 e. The Kier molecular flexibility index (Phi) is 6.56. The van der Waals surface area contributed by atoms with Crippen LogP contribution < -0.4 is 11.1 Å². The van der Waals surface area contributed by atoms with Gasteiger partial charge in [0.15, 0.2) is 0 Å². The number of rotatable bonds is 4. The second-order valence-electron chi connectivity index (χ2n) is 6.64. The summed E-state index contributed by atoms with van der Waals surface area (Å²) in [6.07, 6.45) is 4.04. The average Bonchev–Trinajstić information content (AvgIpc) is 2.88. The monoisotopic (exact) mass is 365 g/mol. The van der Waals surface area contributed by atoms with Gasteiger partial charge in [0.1, 0.15) is 0 Å². The molecule has 1 saturated carbocycles. The largest absolute Gasteiger partial charge is 0.328 e. The highest BCUT2D eigenvalue weighted by molar-refractivity contribution is 6.02. The third-order valence-corrected chi connectivity index (χ3v) is 4.84. The number of hydrogen-bond acceptors (Lipinski definition) is 4. The van der Waals surface area contributed by atoms with Crippen LogP contribution in [0, 0.1) is 5.92 Å². The molecular formula is C18H24ClN3O3. The Hall–Kier alpha value is -1.92. The highest BCUT2D eigenvalue weighted by atomic mass is 35.5. The quantitative estimate of drug-likeness (QED) is 0.800. The van der Waals surface area contributed by atoms with E-state index in [2.05, 4.69) is 5.32 Å². The lowest BCUT2D eigenvalue weighted by Gasteiger charge is -2.26. The molecule has 3 N–H and O–H groups in total. The van der Waals surface area contributed by atoms with Gasteiger partial charge in [-0.25, -0.2) is 0 Å². The Balaban J connectivity index is 0.00000225. The van der Waals surface area contributed by atoms with Gasteiger partial charge in [0.25, 0.3) is 0 Å². The van der Waals surface area contributed by atoms with E-state index in [1.807, 2.05) is 18.2 Å². The molecule has 7 heteroatoms. The number of nitrogens with one attached hydrogen (secondary N) is 1. The van der Waals surface area contributed by atoms with Crippen molar-refractivity contribution >= 4 is 35.8 Å². The van der Waals surface area contributed by atoms with E-state index >= 15 is 0 Å². The van der Waals surface area contributed by atoms with E-state index in [4.69, 9.17) is 5.73 Å². The fraction of sp³-hybridized carbons (Fsp3) is 0.500. The van der Waals surface area contributed by atoms with Crippen LogP contribution in [0.5, 0.6) is 0 Å². The van der Waals surface area contributed by atoms with Crippen molar-refractivity contribution in [2.75, 3.05) is 5.32 Å². The first-order valence-corrected chi connectivity index (χ1v) is 8.52. The minimum absolute atomic E-state index is 0. The molecule has 2 atom stereocenters. The fourth-order valence-corrected chi connectivity index (χ4v) is 3.45. The van der Waals surface area contributed by atoms with Gasteiger partial charge in [0.2, 0.25) is 17.7 Å². The minimum atomic E-state index is -0.153. The molecule has 0 spiro atoms. The maximum absolute atomic E-state index is 12.5. The molecule has 25 heavy (non-hydrogen) atoms. The van der Waals surface area contributed by atoms with Gasteiger partial charge in [0, 0.05) is 30.5 Å². The van der Waals surface area contributed by atoms with Crippen LogP contribution in [0.2, 0.25) is 0 Å². The molecule has 0 radical (unpaired) electrons. The second-order valence-corrected chi connectivity index (χ2v) is 6.64. The minimum Gasteiger partial charge on any atom is -0.328 e. The molecule has 3 rings (SSSR count). The van der Waals surface area contributed by atoms with E-state index in [-0.39, 0.29) is 61.5 Å². The Morgan fingerprint density at radius 1 is 1.16 bits per heavy atom. The molecule has 2 unspecified atom stereocenters. The highest BCUT2D eigenvalue weighted by Gasteiger charge is 2.30. The topological polar surface area (TPSA) is 92.5 Å². The summed E-state index contributed by atoms with van der Waals surface area (Å²) in [4.78, 5) is 37.4. The zero-order valence-corrected chi connectivity index (χ0v) is 14.9. The van der Waals surface area contributed by atoms with Crippen LogP contribution in [0.15, 0.2) is 24.3 Å². The molecule has 2 aliphatic rings. The smallest absolute Gasteiger partial charge is 0.229 e. The number of halogens is 1. The van der Waals surface area contributed by atoms with Gasteiger partial charge >= 0.3 is 0 Å². The molecule has 3 amide bonds. The molecule has 1 heterocycles. The third kappa shape index (κ3) is 4.58. The predicted octanol–water partition coefficient (Wildman–Crippen LogP) is 2.21. The molecule has 1 aromatic carbocycles. The number of amides is 3. The van der Waals surface area contributed by atoms with Gasteiger partial charge in [-0.1, -0.05) is 24.6 Å². The summed E-state index contributed by atoms with van der Waals surface area (Å²) < 4.78 is 0. The van der Waals surface area contributed by atoms with Crippen molar-refractivity contribution in [2.45, 2.75) is 51.1 Å². The first-order valence-electron chi connectivity index (χ1n) is 8.52. The van der Waals surface area contributed by atoms with Gasteiger partial charge in [-0.3, -0.25) is 19.3 Å². The van der Waals surface area contributed by atoms with Crippen LogP contribution in [0.4, 0.5) is 5.69 Å². The third-order valence-electron chi connectivity index (χ3n) is 4.84. The summed E-state index contributed by atoms with van der Waals surface area (Å²) in [6.45, 7) is 0.207. The predicted molar refractivity (Wildman–Crippen MR) is 97.0 cm³/mol. The molecule has 1 aliphatic carbocycles. The molecular weight excluding hydrogens is 342 g/mol. The van der Waals surface area contributed by atoms with Crippen LogP contribution >= 0.6 is 12.4 Å². The zero-order valence-electron chi connectivity index (χ0n) is 14.1. The number of para-hydroxylation sites is 1. The van der Waals surface area contributed by atoms with Gasteiger partial charge in [-0.05, 0) is 30.9 Å². The second kappa shape index (κ2) is 8.45. The van der Waals surface area contributed by atoms with Crippen molar-refractivity contribution in [3.63, 3.8) is 0 Å². The molecule has 1 saturated heterocycles. The Morgan fingerprint density at radius 3 is 2.52 bits per heavy atom. The molecule has 6 nitrogen and oxygen atoms in total. The Bertz CT molecular complexity index is 649. The highest BCUT2D eigenvalue weighted by Crippen LogP contribution is 2.26. The maximum atomic E-state index is 12.5. The number of anilines is 1. The number of benzene rings is 1. The van der Waals surface area contributed by atoms with E-state index in [0.29, 0.717) is 12.1 Å². The first kappa shape index (κ1) is 19.4. The molecule has 1 aliphatic heterocycles. The summed E-state index contributed by atoms with van der Waals surface area (Å²) in [5, 5.41) is 2.96. The van der Waals surface area contributed by atoms with Gasteiger partial charge < -0.3 is 11.1 Å². The van der Waals surface area contributed by atoms with Crippen molar-refractivity contribution < 1.29 is 14.4 Å². The molecule has 0 aromatic heterocycles. The van der Waals surface area contributed by atoms with Gasteiger partial charge in [0.05, 0.1) is 6.54 Å². The van der Waals surface area contributed by atoms with Gasteiger partial charge in [-0.15, -0.1) is 12.4 Å². The fourth-order valence-electron chi connectivity index (χ4n) is 3.45. The summed E-state index contributed by atoms with van der Waals surface area (Å²) in [6, 6.07) is 7.40. The van der Waals surface area contributed by atoms with Crippen molar-refractivity contribution in [2.24, 2.45) is 11.7 Å². The van der Waals surface area contributed by atoms with Gasteiger partial charge in [-0.2, -0.15) is 0 Å². The van der Waals surface area contributed by atoms with Crippen LogP contribution in [0.1, 0.15) is 44.1 Å². The molecule has 1 aromatic rings. The van der Waals surface area contributed by atoms with E-state index in [0.717, 1.165) is 24.8 Å². The van der Waals surface area contributed by atoms with Crippen LogP contribution in [0.25, 0.3) is 0 Å². The van der Waals surface area contributed by atoms with Crippen molar-refractivity contribution in [3.05, 3.63) is 29.8 Å². The van der Waals surface area contributed by atoms with Crippen LogP contribution in [-0.4, -0.2) is 28.7 Å². The lowest BCUT2D eigenvalue weighted by molar-refractivity contribution is -0.139. The number of nitrogens with two attached hydrogens (primary N) is 1. The van der Waals surface area contributed by atoms with Crippen molar-refractivity contribution in [3.8, 4) is 0 Å². The number of hydrogen-bond donors (Lipinski definition) is 2. The zero-order chi connectivity index (χ0) is 17.1. The van der Waals surface area contributed by atoms with E-state index in [1.54, 1.807) is 6.07 Å². The summed E-state index contributed by atoms with van der Waals surface area (Å²) in [5.74, 6) is -0.410. The van der Waals surface area contributed by atoms with Crippen molar-refractivity contribution in [1.82, 2.24) is 4.90 Å². The summed E-state index contributed by atoms with van der Waals surface area (Å²) in [5.41, 5.74) is 7.40. The summed E-state index contributed by atoms with van der Waals surface area (Å²) >= 11 is 0. The number of carbonyl (C=O) groups is 3. The SMILES string of the molecule is Cl.NC1CCCC(C(=O)Nc2ccccc2CN2C(=O)CCC2=O)C1. The number of imide groups is 1. The molecule has 0 bridgehead atoms. The van der Waals surface area contributed by atoms with E-state index in [9.17, 15) is 14.4 Å². The first-order chi connectivity index (χ1) is 11.5. The lowest BCUT2D eigenvalue weighted by Crippen LogP contribution is -2.34. The Morgan fingerprint density at radius 2 is 1.84 bits per heavy atom. The number of likely N-dealkylation sites (tertiary alicyclic amines) is 1. The standard InChI is InChI=1S/C18H23N3O3.ClH/c19-14-6-3-5-12(10-14)18(24)20-15-7-2-1-4-13(15)11-21-16(22)8-9-17(21)23;/h1-2,4,7,12,14H,3,5-6,8-11,19H2,(H,20,24);1H. The molecule has 136 valence electrons. The van der Waals surface area contributed by atoms with Crippen molar-refractivity contribution in [1.29, 1.82) is 0 Å². The van der Waals surface area contributed by atoms with Crippen LogP contribution in [-0.2, 0) is 20.9 Å². The van der Waals surface area contributed by atoms with E-state index < -0.39 is 0 Å². The van der Waals surface area contributed by atoms with E-state index in [1.165, 1.54) is 4.90 Å². The molecule has 2 fully saturated rings. The van der Waals surface area contributed by atoms with Crippen LogP contribution in [0.3, 0.4) is 0 Å². The average molecular weight is 366 g/mol. The lowest BCUT2D eigenvalue weighted by atomic mass is 9.85. The Labute approximate surface area is 153 Å². The number of carbonyl (C=O) groups excluding carboxylic acids is 3. The summed E-state index contributed by atoms with van der Waals surface area (Å²) in [7, 11) is 0. The normalized spacial score (nSPS) is 23.3. The number of nitrogens with zero attached hydrogens (tertiary/aromatic N) is 1.